The number of nitrogens with zero attached hydrogens (tertiary/aromatic N) is 2. The van der Waals surface area contributed by atoms with E-state index < -0.39 is 0 Å². The van der Waals surface area contributed by atoms with Crippen LogP contribution in [0.15, 0.2) is 18.3 Å². The second-order valence-corrected chi connectivity index (χ2v) is 5.30. The number of rotatable bonds is 6. The van der Waals surface area contributed by atoms with E-state index in [2.05, 4.69) is 35.1 Å². The molecule has 2 N–H and O–H groups in total. The van der Waals surface area contributed by atoms with E-state index in [1.165, 1.54) is 5.56 Å². The quantitative estimate of drug-likeness (QED) is 0.766. The van der Waals surface area contributed by atoms with E-state index in [1.54, 1.807) is 0 Å². The van der Waals surface area contributed by atoms with Crippen LogP contribution in [0.1, 0.15) is 25.8 Å². The highest BCUT2D eigenvalue weighted by atomic mass is 16.5. The summed E-state index contributed by atoms with van der Waals surface area (Å²) in [5, 5.41) is 12.7. The van der Waals surface area contributed by atoms with Crippen LogP contribution in [-0.2, 0) is 11.3 Å². The molecule has 0 spiro atoms. The summed E-state index contributed by atoms with van der Waals surface area (Å²) in [6.45, 7) is 7.49. The first-order valence-electron chi connectivity index (χ1n) is 7.40. The number of aromatic nitrogens is 1. The Morgan fingerprint density at radius 3 is 3.15 bits per heavy atom. The van der Waals surface area contributed by atoms with E-state index in [0.29, 0.717) is 13.2 Å². The summed E-state index contributed by atoms with van der Waals surface area (Å²) < 4.78 is 5.59. The number of pyridine rings is 1. The number of nitrogens with one attached hydrogen (secondary N) is 1. The Labute approximate surface area is 121 Å². The van der Waals surface area contributed by atoms with Gasteiger partial charge in [-0.15, -0.1) is 0 Å². The number of morpholine rings is 1. The smallest absolute Gasteiger partial charge is 0.133 e. The van der Waals surface area contributed by atoms with Crippen LogP contribution in [0, 0.1) is 0 Å². The number of hydrogen-bond donors (Lipinski definition) is 2. The topological polar surface area (TPSA) is 57.6 Å². The average Bonchev–Trinajstić information content (AvgIpc) is 2.49. The average molecular weight is 279 g/mol. The van der Waals surface area contributed by atoms with E-state index in [-0.39, 0.29) is 18.8 Å². The van der Waals surface area contributed by atoms with E-state index in [1.807, 2.05) is 12.3 Å². The molecular formula is C15H25N3O2. The van der Waals surface area contributed by atoms with E-state index in [0.717, 1.165) is 25.3 Å². The number of aliphatic hydroxyl groups is 1. The van der Waals surface area contributed by atoms with Crippen LogP contribution >= 0.6 is 0 Å². The van der Waals surface area contributed by atoms with Crippen molar-refractivity contribution in [1.29, 1.82) is 0 Å². The van der Waals surface area contributed by atoms with Crippen molar-refractivity contribution < 1.29 is 9.84 Å². The molecule has 5 heteroatoms. The lowest BCUT2D eigenvalue weighted by atomic mass is 10.1. The zero-order valence-electron chi connectivity index (χ0n) is 12.4. The standard InChI is InChI=1S/C15H25N3O2/c1-3-6-16-8-13-5-4-7-17-15(13)18-9-14(10-19)20-11-12(18)2/h4-5,7,12,14,16,19H,3,6,8-11H2,1-2H3. The number of ether oxygens (including phenoxy) is 1. The van der Waals surface area contributed by atoms with Gasteiger partial charge in [-0.3, -0.25) is 0 Å². The Balaban J connectivity index is 2.13. The van der Waals surface area contributed by atoms with Crippen LogP contribution in [0.25, 0.3) is 0 Å². The molecule has 1 aliphatic rings. The van der Waals surface area contributed by atoms with Gasteiger partial charge in [0, 0.05) is 24.8 Å². The first-order chi connectivity index (χ1) is 9.76. The third kappa shape index (κ3) is 3.69. The molecule has 1 aliphatic heterocycles. The fourth-order valence-electron chi connectivity index (χ4n) is 2.45. The van der Waals surface area contributed by atoms with Crippen molar-refractivity contribution in [3.8, 4) is 0 Å². The van der Waals surface area contributed by atoms with Gasteiger partial charge in [0.15, 0.2) is 0 Å². The molecule has 2 rings (SSSR count). The zero-order valence-corrected chi connectivity index (χ0v) is 12.4. The SMILES string of the molecule is CCCNCc1cccnc1N1CC(CO)OCC1C. The highest BCUT2D eigenvalue weighted by molar-refractivity contribution is 5.48. The van der Waals surface area contributed by atoms with Gasteiger partial charge in [0.05, 0.1) is 25.4 Å². The summed E-state index contributed by atoms with van der Waals surface area (Å²) in [5.74, 6) is 1.00. The predicted molar refractivity (Wildman–Crippen MR) is 79.9 cm³/mol. The lowest BCUT2D eigenvalue weighted by Gasteiger charge is -2.39. The predicted octanol–water partition coefficient (Wildman–Crippen LogP) is 1.17. The normalized spacial score (nSPS) is 23.1. The summed E-state index contributed by atoms with van der Waals surface area (Å²) in [4.78, 5) is 6.79. The van der Waals surface area contributed by atoms with Gasteiger partial charge in [0.1, 0.15) is 5.82 Å². The maximum Gasteiger partial charge on any atom is 0.133 e. The Kier molecular flexibility index (Phi) is 5.76. The van der Waals surface area contributed by atoms with Gasteiger partial charge in [-0.25, -0.2) is 4.98 Å². The van der Waals surface area contributed by atoms with Gasteiger partial charge >= 0.3 is 0 Å². The van der Waals surface area contributed by atoms with Gasteiger partial charge < -0.3 is 20.1 Å². The van der Waals surface area contributed by atoms with Gasteiger partial charge in [-0.1, -0.05) is 13.0 Å². The molecule has 1 saturated heterocycles. The molecule has 1 aromatic heterocycles. The fraction of sp³-hybridized carbons (Fsp3) is 0.667. The number of hydrogen-bond acceptors (Lipinski definition) is 5. The maximum absolute atomic E-state index is 9.30. The maximum atomic E-state index is 9.30. The fourth-order valence-corrected chi connectivity index (χ4v) is 2.45. The molecule has 2 atom stereocenters. The summed E-state index contributed by atoms with van der Waals surface area (Å²) in [5.41, 5.74) is 1.20. The van der Waals surface area contributed by atoms with Crippen molar-refractivity contribution in [2.45, 2.75) is 39.0 Å². The van der Waals surface area contributed by atoms with Crippen molar-refractivity contribution in [1.82, 2.24) is 10.3 Å². The van der Waals surface area contributed by atoms with E-state index >= 15 is 0 Å². The van der Waals surface area contributed by atoms with Crippen molar-refractivity contribution in [3.63, 3.8) is 0 Å². The molecule has 2 unspecified atom stereocenters. The number of anilines is 1. The molecule has 0 aromatic carbocycles. The van der Waals surface area contributed by atoms with Gasteiger partial charge in [0.2, 0.25) is 0 Å². The Hall–Kier alpha value is -1.17. The third-order valence-electron chi connectivity index (χ3n) is 3.59. The summed E-state index contributed by atoms with van der Waals surface area (Å²) >= 11 is 0. The van der Waals surface area contributed by atoms with Crippen LogP contribution in [0.4, 0.5) is 5.82 Å². The molecule has 0 radical (unpaired) electrons. The summed E-state index contributed by atoms with van der Waals surface area (Å²) in [7, 11) is 0. The van der Waals surface area contributed by atoms with Crippen molar-refractivity contribution in [2.75, 3.05) is 31.2 Å². The molecule has 1 aromatic rings. The van der Waals surface area contributed by atoms with E-state index in [9.17, 15) is 5.11 Å². The molecule has 0 amide bonds. The van der Waals surface area contributed by atoms with Gasteiger partial charge in [-0.2, -0.15) is 0 Å². The minimum absolute atomic E-state index is 0.0550. The first kappa shape index (κ1) is 15.2. The zero-order chi connectivity index (χ0) is 14.4. The highest BCUT2D eigenvalue weighted by Crippen LogP contribution is 2.23. The second kappa shape index (κ2) is 7.57. The summed E-state index contributed by atoms with van der Waals surface area (Å²) in [6.07, 6.45) is 2.83. The molecular weight excluding hydrogens is 254 g/mol. The minimum Gasteiger partial charge on any atom is -0.394 e. The lowest BCUT2D eigenvalue weighted by molar-refractivity contribution is -0.0106. The molecule has 0 aliphatic carbocycles. The molecule has 1 fully saturated rings. The van der Waals surface area contributed by atoms with Crippen LogP contribution in [0.2, 0.25) is 0 Å². The minimum atomic E-state index is -0.121. The van der Waals surface area contributed by atoms with Crippen molar-refractivity contribution >= 4 is 5.82 Å². The van der Waals surface area contributed by atoms with Crippen LogP contribution < -0.4 is 10.2 Å². The molecule has 112 valence electrons. The number of aliphatic hydroxyl groups excluding tert-OH is 1. The second-order valence-electron chi connectivity index (χ2n) is 5.30. The Bertz CT molecular complexity index is 414. The Morgan fingerprint density at radius 2 is 2.40 bits per heavy atom. The monoisotopic (exact) mass is 279 g/mol. The van der Waals surface area contributed by atoms with Crippen LogP contribution in [-0.4, -0.2) is 48.5 Å². The molecule has 0 saturated carbocycles. The lowest BCUT2D eigenvalue weighted by Crippen LogP contribution is -2.50. The van der Waals surface area contributed by atoms with Crippen LogP contribution in [0.3, 0.4) is 0 Å². The highest BCUT2D eigenvalue weighted by Gasteiger charge is 2.27. The largest absolute Gasteiger partial charge is 0.394 e. The molecule has 2 heterocycles. The van der Waals surface area contributed by atoms with E-state index in [4.69, 9.17) is 4.74 Å². The molecule has 0 bridgehead atoms. The third-order valence-corrected chi connectivity index (χ3v) is 3.59. The van der Waals surface area contributed by atoms with Gasteiger partial charge in [0.25, 0.3) is 0 Å². The molecule has 5 nitrogen and oxygen atoms in total. The first-order valence-corrected chi connectivity index (χ1v) is 7.40. The van der Waals surface area contributed by atoms with Crippen LogP contribution in [0.5, 0.6) is 0 Å². The Morgan fingerprint density at radius 1 is 1.55 bits per heavy atom. The van der Waals surface area contributed by atoms with Crippen molar-refractivity contribution in [3.05, 3.63) is 23.9 Å². The van der Waals surface area contributed by atoms with Gasteiger partial charge in [-0.05, 0) is 26.0 Å². The van der Waals surface area contributed by atoms with Crippen molar-refractivity contribution in [2.24, 2.45) is 0 Å². The molecule has 20 heavy (non-hydrogen) atoms. The summed E-state index contributed by atoms with van der Waals surface area (Å²) in [6, 6.07) is 4.36.